The van der Waals surface area contributed by atoms with Gasteiger partial charge in [-0.1, -0.05) is 41.4 Å². The molecular formula is C21H27ClN4O2. The molecule has 2 amide bonds. The van der Waals surface area contributed by atoms with Crippen LogP contribution in [-0.2, 0) is 16.1 Å². The summed E-state index contributed by atoms with van der Waals surface area (Å²) in [5, 5.41) is 10.3. The molecule has 150 valence electrons. The standard InChI is InChI=1S/C21H27ClN4O2/c1-14-6-8-16(9-7-14)13-26-20(22)17(15(2)25-26)10-11-18(27)23-12-19(28)24-21(3,4)5/h6-11H,12-13H2,1-5H3,(H,23,27)(H,24,28)/b11-10+. The Morgan fingerprint density at radius 3 is 2.43 bits per heavy atom. The zero-order chi connectivity index (χ0) is 20.9. The minimum Gasteiger partial charge on any atom is -0.350 e. The third kappa shape index (κ3) is 6.53. The summed E-state index contributed by atoms with van der Waals surface area (Å²) >= 11 is 6.45. The summed E-state index contributed by atoms with van der Waals surface area (Å²) in [4.78, 5) is 23.7. The third-order valence-electron chi connectivity index (χ3n) is 3.90. The fraction of sp³-hybridized carbons (Fsp3) is 0.381. The second-order valence-electron chi connectivity index (χ2n) is 7.78. The summed E-state index contributed by atoms with van der Waals surface area (Å²) < 4.78 is 1.70. The topological polar surface area (TPSA) is 76.0 Å². The Labute approximate surface area is 171 Å². The lowest BCUT2D eigenvalue weighted by Crippen LogP contribution is -2.45. The van der Waals surface area contributed by atoms with Gasteiger partial charge in [0, 0.05) is 17.2 Å². The number of aromatic nitrogens is 2. The summed E-state index contributed by atoms with van der Waals surface area (Å²) in [7, 11) is 0. The first kappa shape index (κ1) is 21.7. The van der Waals surface area contributed by atoms with Crippen LogP contribution < -0.4 is 10.6 Å². The van der Waals surface area contributed by atoms with Crippen LogP contribution in [0.3, 0.4) is 0 Å². The van der Waals surface area contributed by atoms with Gasteiger partial charge in [0.1, 0.15) is 5.15 Å². The number of amides is 2. The SMILES string of the molecule is Cc1ccc(Cn2nc(C)c(/C=C/C(=O)NCC(=O)NC(C)(C)C)c2Cl)cc1. The third-order valence-corrected chi connectivity index (χ3v) is 4.30. The number of carbonyl (C=O) groups is 2. The largest absolute Gasteiger partial charge is 0.350 e. The number of nitrogens with zero attached hydrogens (tertiary/aromatic N) is 2. The molecular weight excluding hydrogens is 376 g/mol. The van der Waals surface area contributed by atoms with Crippen molar-refractivity contribution in [2.24, 2.45) is 0 Å². The maximum absolute atomic E-state index is 12.0. The van der Waals surface area contributed by atoms with E-state index in [1.54, 1.807) is 10.8 Å². The van der Waals surface area contributed by atoms with Crippen LogP contribution in [0.5, 0.6) is 0 Å². The molecule has 0 fully saturated rings. The highest BCUT2D eigenvalue weighted by Crippen LogP contribution is 2.22. The monoisotopic (exact) mass is 402 g/mol. The lowest BCUT2D eigenvalue weighted by Gasteiger charge is -2.20. The lowest BCUT2D eigenvalue weighted by molar-refractivity contribution is -0.124. The van der Waals surface area contributed by atoms with E-state index in [1.807, 2.05) is 58.9 Å². The van der Waals surface area contributed by atoms with Crippen molar-refractivity contribution in [3.63, 3.8) is 0 Å². The Hall–Kier alpha value is -2.60. The van der Waals surface area contributed by atoms with Crippen molar-refractivity contribution >= 4 is 29.5 Å². The van der Waals surface area contributed by atoms with Crippen molar-refractivity contribution in [1.29, 1.82) is 0 Å². The summed E-state index contributed by atoms with van der Waals surface area (Å²) in [6, 6.07) is 8.16. The Kier molecular flexibility index (Phi) is 7.02. The maximum Gasteiger partial charge on any atom is 0.244 e. The minimum atomic E-state index is -0.370. The summed E-state index contributed by atoms with van der Waals surface area (Å²) in [5.41, 5.74) is 3.36. The average Bonchev–Trinajstić information content (AvgIpc) is 2.85. The summed E-state index contributed by atoms with van der Waals surface area (Å²) in [6.07, 6.45) is 2.98. The fourth-order valence-electron chi connectivity index (χ4n) is 2.58. The first-order valence-corrected chi connectivity index (χ1v) is 9.48. The first-order valence-electron chi connectivity index (χ1n) is 9.10. The average molecular weight is 403 g/mol. The zero-order valence-corrected chi connectivity index (χ0v) is 17.7. The van der Waals surface area contributed by atoms with Crippen molar-refractivity contribution in [3.05, 3.63) is 57.9 Å². The van der Waals surface area contributed by atoms with Crippen molar-refractivity contribution in [2.75, 3.05) is 6.54 Å². The van der Waals surface area contributed by atoms with E-state index >= 15 is 0 Å². The molecule has 2 rings (SSSR count). The summed E-state index contributed by atoms with van der Waals surface area (Å²) in [6.45, 7) is 9.98. The van der Waals surface area contributed by atoms with Gasteiger partial charge in [-0.05, 0) is 46.3 Å². The molecule has 0 unspecified atom stereocenters. The molecule has 0 radical (unpaired) electrons. The highest BCUT2D eigenvalue weighted by Gasteiger charge is 2.14. The van der Waals surface area contributed by atoms with Crippen LogP contribution in [-0.4, -0.2) is 33.7 Å². The van der Waals surface area contributed by atoms with Gasteiger partial charge < -0.3 is 10.6 Å². The molecule has 0 aliphatic heterocycles. The molecule has 0 bridgehead atoms. The number of nitrogens with one attached hydrogen (secondary N) is 2. The molecule has 2 N–H and O–H groups in total. The van der Waals surface area contributed by atoms with Gasteiger partial charge in [0.25, 0.3) is 0 Å². The van der Waals surface area contributed by atoms with Crippen molar-refractivity contribution in [3.8, 4) is 0 Å². The van der Waals surface area contributed by atoms with Gasteiger partial charge in [0.2, 0.25) is 11.8 Å². The Morgan fingerprint density at radius 1 is 1.18 bits per heavy atom. The quantitative estimate of drug-likeness (QED) is 0.728. The van der Waals surface area contributed by atoms with Crippen molar-refractivity contribution < 1.29 is 9.59 Å². The Bertz CT molecular complexity index is 877. The van der Waals surface area contributed by atoms with Crippen LogP contribution in [0.4, 0.5) is 0 Å². The van der Waals surface area contributed by atoms with E-state index in [1.165, 1.54) is 11.6 Å². The van der Waals surface area contributed by atoms with Crippen LogP contribution in [0.1, 0.15) is 43.2 Å². The van der Waals surface area contributed by atoms with Crippen LogP contribution in [0.15, 0.2) is 30.3 Å². The van der Waals surface area contributed by atoms with Crippen LogP contribution in [0.2, 0.25) is 5.15 Å². The molecule has 1 aromatic heterocycles. The van der Waals surface area contributed by atoms with E-state index < -0.39 is 0 Å². The minimum absolute atomic E-state index is 0.0835. The number of carbonyl (C=O) groups excluding carboxylic acids is 2. The predicted molar refractivity (Wildman–Crippen MR) is 112 cm³/mol. The number of hydrogen-bond donors (Lipinski definition) is 2. The van der Waals surface area contributed by atoms with E-state index in [0.29, 0.717) is 17.3 Å². The second-order valence-corrected chi connectivity index (χ2v) is 8.14. The van der Waals surface area contributed by atoms with E-state index in [9.17, 15) is 9.59 Å². The van der Waals surface area contributed by atoms with Gasteiger partial charge in [0.05, 0.1) is 18.8 Å². The van der Waals surface area contributed by atoms with Crippen molar-refractivity contribution in [2.45, 2.75) is 46.7 Å². The van der Waals surface area contributed by atoms with Gasteiger partial charge in [-0.15, -0.1) is 0 Å². The van der Waals surface area contributed by atoms with Gasteiger partial charge in [0.15, 0.2) is 0 Å². The normalized spacial score (nSPS) is 11.6. The Balaban J connectivity index is 1.99. The van der Waals surface area contributed by atoms with E-state index in [-0.39, 0.29) is 23.9 Å². The molecule has 0 saturated carbocycles. The van der Waals surface area contributed by atoms with Gasteiger partial charge in [-0.25, -0.2) is 4.68 Å². The molecule has 0 saturated heterocycles. The molecule has 6 nitrogen and oxygen atoms in total. The van der Waals surface area contributed by atoms with E-state index in [0.717, 1.165) is 11.3 Å². The lowest BCUT2D eigenvalue weighted by atomic mass is 10.1. The molecule has 1 aromatic carbocycles. The molecule has 1 heterocycles. The smallest absolute Gasteiger partial charge is 0.244 e. The van der Waals surface area contributed by atoms with Crippen LogP contribution in [0, 0.1) is 13.8 Å². The second kappa shape index (κ2) is 9.06. The maximum atomic E-state index is 12.0. The van der Waals surface area contributed by atoms with Gasteiger partial charge >= 0.3 is 0 Å². The number of rotatable bonds is 6. The van der Waals surface area contributed by atoms with Crippen LogP contribution >= 0.6 is 11.6 Å². The number of hydrogen-bond acceptors (Lipinski definition) is 3. The zero-order valence-electron chi connectivity index (χ0n) is 17.0. The van der Waals surface area contributed by atoms with Gasteiger partial charge in [-0.2, -0.15) is 5.10 Å². The highest BCUT2D eigenvalue weighted by atomic mass is 35.5. The molecule has 0 aliphatic rings. The predicted octanol–water partition coefficient (Wildman–Crippen LogP) is 3.25. The van der Waals surface area contributed by atoms with Crippen LogP contribution in [0.25, 0.3) is 6.08 Å². The highest BCUT2D eigenvalue weighted by molar-refractivity contribution is 6.31. The molecule has 7 heteroatoms. The molecule has 0 aliphatic carbocycles. The fourth-order valence-corrected chi connectivity index (χ4v) is 2.87. The Morgan fingerprint density at radius 2 is 1.82 bits per heavy atom. The molecule has 2 aromatic rings. The number of aryl methyl sites for hydroxylation is 2. The molecule has 0 atom stereocenters. The number of benzene rings is 1. The number of halogens is 1. The molecule has 0 spiro atoms. The van der Waals surface area contributed by atoms with Crippen molar-refractivity contribution in [1.82, 2.24) is 20.4 Å². The van der Waals surface area contributed by atoms with E-state index in [2.05, 4.69) is 15.7 Å². The first-order chi connectivity index (χ1) is 13.0. The van der Waals surface area contributed by atoms with Gasteiger partial charge in [-0.3, -0.25) is 9.59 Å². The molecule has 28 heavy (non-hydrogen) atoms. The van der Waals surface area contributed by atoms with E-state index in [4.69, 9.17) is 11.6 Å². The summed E-state index contributed by atoms with van der Waals surface area (Å²) in [5.74, 6) is -0.611.